The number of hydrogen-bond acceptors (Lipinski definition) is 1. The van der Waals surface area contributed by atoms with Gasteiger partial charge in [0.25, 0.3) is 0 Å². The third-order valence-electron chi connectivity index (χ3n) is 7.31. The maximum atomic E-state index is 6.22. The molecule has 0 bridgehead atoms. The molecule has 28 heavy (non-hydrogen) atoms. The quantitative estimate of drug-likeness (QED) is 0.532. The van der Waals surface area contributed by atoms with Crippen LogP contribution in [0.15, 0.2) is 53.1 Å². The van der Waals surface area contributed by atoms with E-state index in [-0.39, 0.29) is 0 Å². The topological polar surface area (TPSA) is 26.0 Å². The van der Waals surface area contributed by atoms with Gasteiger partial charge >= 0.3 is 0 Å². The highest BCUT2D eigenvalue weighted by Crippen LogP contribution is 2.41. The van der Waals surface area contributed by atoms with Gasteiger partial charge in [-0.3, -0.25) is 0 Å². The average molecular weight is 378 g/mol. The van der Waals surface area contributed by atoms with Gasteiger partial charge in [-0.15, -0.1) is 0 Å². The Balaban J connectivity index is 1.99. The summed E-state index contributed by atoms with van der Waals surface area (Å²) < 4.78 is 0. The molecule has 0 aromatic heterocycles. The zero-order valence-corrected chi connectivity index (χ0v) is 18.6. The zero-order chi connectivity index (χ0) is 20.3. The molecule has 152 valence electrons. The molecule has 2 aliphatic carbocycles. The number of nitrogens with two attached hydrogens (primary N) is 1. The number of benzene rings is 1. The molecule has 2 N–H and O–H groups in total. The number of rotatable bonds is 3. The first-order chi connectivity index (χ1) is 13.4. The fourth-order valence-corrected chi connectivity index (χ4v) is 4.90. The Bertz CT molecular complexity index is 779. The maximum absolute atomic E-state index is 6.22. The smallest absolute Gasteiger partial charge is 0.0317 e. The van der Waals surface area contributed by atoms with Crippen molar-refractivity contribution in [1.82, 2.24) is 0 Å². The lowest BCUT2D eigenvalue weighted by molar-refractivity contribution is 0.420. The lowest BCUT2D eigenvalue weighted by Crippen LogP contribution is -2.13. The van der Waals surface area contributed by atoms with Gasteiger partial charge in [0, 0.05) is 5.69 Å². The summed E-state index contributed by atoms with van der Waals surface area (Å²) in [5, 5.41) is 0. The number of hydrogen-bond donors (Lipinski definition) is 1. The SMILES string of the molecule is CCC(C)C1CCC(C2=CCCC(C)C(C)=C2)=CCC(C)c2ccc(N)cc21. The third-order valence-corrected chi connectivity index (χ3v) is 7.31. The molecule has 1 nitrogen and oxygen atoms in total. The fourth-order valence-electron chi connectivity index (χ4n) is 4.90. The van der Waals surface area contributed by atoms with Crippen molar-refractivity contribution in [2.24, 2.45) is 11.8 Å². The second-order valence-electron chi connectivity index (χ2n) is 9.31. The van der Waals surface area contributed by atoms with Crippen molar-refractivity contribution >= 4 is 5.69 Å². The molecule has 0 aliphatic heterocycles. The molecule has 0 saturated heterocycles. The van der Waals surface area contributed by atoms with Crippen molar-refractivity contribution < 1.29 is 0 Å². The van der Waals surface area contributed by atoms with E-state index in [9.17, 15) is 0 Å². The van der Waals surface area contributed by atoms with Crippen LogP contribution in [0.1, 0.15) is 96.1 Å². The second kappa shape index (κ2) is 9.16. The first-order valence-corrected chi connectivity index (χ1v) is 11.4. The Morgan fingerprint density at radius 2 is 1.86 bits per heavy atom. The summed E-state index contributed by atoms with van der Waals surface area (Å²) in [5.41, 5.74) is 14.7. The molecule has 0 fully saturated rings. The summed E-state index contributed by atoms with van der Waals surface area (Å²) in [4.78, 5) is 0. The number of nitrogen functional groups attached to an aromatic ring is 1. The van der Waals surface area contributed by atoms with Crippen LogP contribution in [0.2, 0.25) is 0 Å². The second-order valence-corrected chi connectivity index (χ2v) is 9.31. The summed E-state index contributed by atoms with van der Waals surface area (Å²) in [5.74, 6) is 2.49. The highest BCUT2D eigenvalue weighted by atomic mass is 14.5. The summed E-state index contributed by atoms with van der Waals surface area (Å²) in [6.45, 7) is 11.8. The van der Waals surface area contributed by atoms with E-state index >= 15 is 0 Å². The van der Waals surface area contributed by atoms with Crippen molar-refractivity contribution in [3.05, 3.63) is 64.3 Å². The Morgan fingerprint density at radius 3 is 2.61 bits per heavy atom. The molecular weight excluding hydrogens is 338 g/mol. The summed E-state index contributed by atoms with van der Waals surface area (Å²) in [6.07, 6.45) is 14.7. The van der Waals surface area contributed by atoms with Gasteiger partial charge < -0.3 is 5.73 Å². The Kier molecular flexibility index (Phi) is 6.86. The summed E-state index contributed by atoms with van der Waals surface area (Å²) in [7, 11) is 0. The fraction of sp³-hybridized carbons (Fsp3) is 0.556. The highest BCUT2D eigenvalue weighted by Gasteiger charge is 2.25. The van der Waals surface area contributed by atoms with Gasteiger partial charge in [-0.05, 0) is 97.1 Å². The minimum absolute atomic E-state index is 0.533. The lowest BCUT2D eigenvalue weighted by atomic mass is 9.78. The Hall–Kier alpha value is -1.76. The standard InChI is InChI=1S/C27H39N/c1-6-18(2)25-14-12-22(23-9-7-8-19(3)21(5)16-23)11-10-20(4)26-15-13-24(28)17-27(25)26/h9,11,13,15-20,25H,6-8,10,12,14,28H2,1-5H3. The van der Waals surface area contributed by atoms with Crippen LogP contribution in [-0.2, 0) is 0 Å². The van der Waals surface area contributed by atoms with E-state index < -0.39 is 0 Å². The number of allylic oxidation sites excluding steroid dienone is 6. The largest absolute Gasteiger partial charge is 0.399 e. The molecule has 1 aromatic carbocycles. The van der Waals surface area contributed by atoms with Crippen LogP contribution in [0.5, 0.6) is 0 Å². The van der Waals surface area contributed by atoms with E-state index in [1.807, 2.05) is 0 Å². The predicted molar refractivity (Wildman–Crippen MR) is 124 cm³/mol. The van der Waals surface area contributed by atoms with Crippen molar-refractivity contribution in [3.63, 3.8) is 0 Å². The molecule has 0 amide bonds. The first-order valence-electron chi connectivity index (χ1n) is 11.4. The molecule has 2 aliphatic rings. The van der Waals surface area contributed by atoms with Gasteiger partial charge in [0.1, 0.15) is 0 Å². The van der Waals surface area contributed by atoms with E-state index in [0.29, 0.717) is 23.7 Å². The van der Waals surface area contributed by atoms with Crippen LogP contribution in [0, 0.1) is 11.8 Å². The van der Waals surface area contributed by atoms with E-state index in [2.05, 4.69) is 71.0 Å². The molecule has 1 aromatic rings. The van der Waals surface area contributed by atoms with Gasteiger partial charge in [0.2, 0.25) is 0 Å². The summed E-state index contributed by atoms with van der Waals surface area (Å²) in [6, 6.07) is 6.65. The van der Waals surface area contributed by atoms with Crippen LogP contribution in [0.4, 0.5) is 5.69 Å². The highest BCUT2D eigenvalue weighted by molar-refractivity contribution is 5.49. The molecule has 4 unspecified atom stereocenters. The van der Waals surface area contributed by atoms with E-state index in [0.717, 1.165) is 12.1 Å². The molecule has 3 rings (SSSR count). The average Bonchev–Trinajstić information content (AvgIpc) is 2.80. The normalized spacial score (nSPS) is 27.2. The molecule has 1 heteroatoms. The van der Waals surface area contributed by atoms with Gasteiger partial charge in [-0.2, -0.15) is 0 Å². The van der Waals surface area contributed by atoms with Crippen LogP contribution in [0.25, 0.3) is 0 Å². The molecular formula is C27H39N. The van der Waals surface area contributed by atoms with Gasteiger partial charge in [0.05, 0.1) is 0 Å². The Morgan fingerprint density at radius 1 is 1.07 bits per heavy atom. The molecule has 4 atom stereocenters. The zero-order valence-electron chi connectivity index (χ0n) is 18.6. The van der Waals surface area contributed by atoms with Gasteiger partial charge in [-0.1, -0.05) is 64.0 Å². The lowest BCUT2D eigenvalue weighted by Gasteiger charge is -2.27. The van der Waals surface area contributed by atoms with Gasteiger partial charge in [-0.25, -0.2) is 0 Å². The predicted octanol–water partition coefficient (Wildman–Crippen LogP) is 7.91. The molecule has 0 spiro atoms. The van der Waals surface area contributed by atoms with Crippen LogP contribution >= 0.6 is 0 Å². The molecule has 0 heterocycles. The van der Waals surface area contributed by atoms with Crippen molar-refractivity contribution in [2.45, 2.75) is 85.0 Å². The molecule has 0 saturated carbocycles. The van der Waals surface area contributed by atoms with Crippen LogP contribution < -0.4 is 5.73 Å². The van der Waals surface area contributed by atoms with E-state index in [4.69, 9.17) is 5.73 Å². The minimum Gasteiger partial charge on any atom is -0.399 e. The van der Waals surface area contributed by atoms with Crippen molar-refractivity contribution in [1.29, 1.82) is 0 Å². The number of fused-ring (bicyclic) bond motifs is 1. The maximum Gasteiger partial charge on any atom is 0.0317 e. The minimum atomic E-state index is 0.533. The summed E-state index contributed by atoms with van der Waals surface area (Å²) >= 11 is 0. The monoisotopic (exact) mass is 377 g/mol. The van der Waals surface area contributed by atoms with Gasteiger partial charge in [0.15, 0.2) is 0 Å². The van der Waals surface area contributed by atoms with Crippen molar-refractivity contribution in [3.8, 4) is 0 Å². The van der Waals surface area contributed by atoms with Crippen molar-refractivity contribution in [2.75, 3.05) is 5.73 Å². The number of anilines is 1. The van der Waals surface area contributed by atoms with Crippen LogP contribution in [-0.4, -0.2) is 0 Å². The van der Waals surface area contributed by atoms with E-state index in [1.54, 1.807) is 5.57 Å². The molecule has 0 radical (unpaired) electrons. The Labute approximate surface area is 172 Å². The van der Waals surface area contributed by atoms with Crippen LogP contribution in [0.3, 0.4) is 0 Å². The third kappa shape index (κ3) is 4.62. The van der Waals surface area contributed by atoms with E-state index in [1.165, 1.54) is 54.4 Å². The first kappa shape index (κ1) is 21.0.